The fourth-order valence-corrected chi connectivity index (χ4v) is 5.03. The molecule has 1 aromatic carbocycles. The lowest BCUT2D eigenvalue weighted by Gasteiger charge is -2.25. The monoisotopic (exact) mass is 314 g/mol. The van der Waals surface area contributed by atoms with Crippen LogP contribution in [0, 0.1) is 0 Å². The van der Waals surface area contributed by atoms with Gasteiger partial charge in [-0.1, -0.05) is 49.1 Å². The molecule has 1 aromatic rings. The van der Waals surface area contributed by atoms with Crippen LogP contribution in [0.5, 0.6) is 0 Å². The Hall–Kier alpha value is -0.413. The van der Waals surface area contributed by atoms with Gasteiger partial charge in [0.25, 0.3) is 0 Å². The SMILES string of the molecule is CCOP(=O)(OCC)C(C)c1cccc([Si](C)(C)C)c1. The summed E-state index contributed by atoms with van der Waals surface area (Å²) in [4.78, 5) is 0. The fraction of sp³-hybridized carbons (Fsp3) is 0.600. The van der Waals surface area contributed by atoms with Crippen molar-refractivity contribution in [1.82, 2.24) is 0 Å². The van der Waals surface area contributed by atoms with Gasteiger partial charge in [-0.25, -0.2) is 0 Å². The topological polar surface area (TPSA) is 35.5 Å². The predicted molar refractivity (Wildman–Crippen MR) is 88.7 cm³/mol. The zero-order valence-corrected chi connectivity index (χ0v) is 15.4. The molecular weight excluding hydrogens is 287 g/mol. The minimum absolute atomic E-state index is 0.237. The predicted octanol–water partition coefficient (Wildman–Crippen LogP) is 4.56. The van der Waals surface area contributed by atoms with Crippen LogP contribution in [-0.4, -0.2) is 21.3 Å². The van der Waals surface area contributed by atoms with E-state index < -0.39 is 15.7 Å². The van der Waals surface area contributed by atoms with E-state index in [2.05, 4.69) is 31.8 Å². The molecule has 3 nitrogen and oxygen atoms in total. The zero-order valence-electron chi connectivity index (χ0n) is 13.5. The molecule has 0 heterocycles. The molecule has 0 aliphatic heterocycles. The maximum Gasteiger partial charge on any atom is 0.337 e. The summed E-state index contributed by atoms with van der Waals surface area (Å²) in [5.74, 6) is 0. The molecule has 0 saturated carbocycles. The second-order valence-corrected chi connectivity index (χ2v) is 13.4. The van der Waals surface area contributed by atoms with Crippen LogP contribution < -0.4 is 5.19 Å². The lowest BCUT2D eigenvalue weighted by molar-refractivity contribution is 0.213. The van der Waals surface area contributed by atoms with Crippen molar-refractivity contribution in [3.63, 3.8) is 0 Å². The summed E-state index contributed by atoms with van der Waals surface area (Å²) in [5.41, 5.74) is 0.800. The van der Waals surface area contributed by atoms with Gasteiger partial charge in [0.2, 0.25) is 0 Å². The highest BCUT2D eigenvalue weighted by molar-refractivity contribution is 7.54. The Balaban J connectivity index is 3.12. The molecule has 0 N–H and O–H groups in total. The first-order chi connectivity index (χ1) is 9.24. The van der Waals surface area contributed by atoms with Crippen LogP contribution in [0.1, 0.15) is 32.0 Å². The second kappa shape index (κ2) is 7.03. The van der Waals surface area contributed by atoms with Crippen LogP contribution in [0.4, 0.5) is 0 Å². The van der Waals surface area contributed by atoms with Crippen LogP contribution >= 0.6 is 7.60 Å². The maximum absolute atomic E-state index is 12.8. The number of hydrogen-bond donors (Lipinski definition) is 0. The first-order valence-corrected chi connectivity index (χ1v) is 12.3. The third-order valence-corrected chi connectivity index (χ3v) is 7.85. The van der Waals surface area contributed by atoms with Crippen LogP contribution in [0.2, 0.25) is 19.6 Å². The molecular formula is C15H27O3PSi. The third kappa shape index (κ3) is 4.29. The van der Waals surface area contributed by atoms with E-state index in [9.17, 15) is 4.57 Å². The minimum atomic E-state index is -3.09. The molecule has 0 bridgehead atoms. The molecule has 20 heavy (non-hydrogen) atoms. The minimum Gasteiger partial charge on any atom is -0.308 e. The van der Waals surface area contributed by atoms with Gasteiger partial charge in [-0.2, -0.15) is 0 Å². The third-order valence-electron chi connectivity index (χ3n) is 3.33. The van der Waals surface area contributed by atoms with Gasteiger partial charge >= 0.3 is 7.60 Å². The van der Waals surface area contributed by atoms with E-state index >= 15 is 0 Å². The summed E-state index contributed by atoms with van der Waals surface area (Å²) < 4.78 is 23.8. The Morgan fingerprint density at radius 3 is 2.15 bits per heavy atom. The van der Waals surface area contributed by atoms with Crippen molar-refractivity contribution in [1.29, 1.82) is 0 Å². The highest BCUT2D eigenvalue weighted by Gasteiger charge is 2.33. The molecule has 1 unspecified atom stereocenters. The van der Waals surface area contributed by atoms with Gasteiger partial charge < -0.3 is 9.05 Å². The molecule has 1 rings (SSSR count). The molecule has 0 aliphatic rings. The molecule has 5 heteroatoms. The first-order valence-electron chi connectivity index (χ1n) is 7.23. The first kappa shape index (κ1) is 17.6. The van der Waals surface area contributed by atoms with Crippen molar-refractivity contribution >= 4 is 20.9 Å². The lowest BCUT2D eigenvalue weighted by Crippen LogP contribution is -2.37. The van der Waals surface area contributed by atoms with Crippen LogP contribution in [0.15, 0.2) is 24.3 Å². The van der Waals surface area contributed by atoms with Crippen molar-refractivity contribution in [2.24, 2.45) is 0 Å². The Morgan fingerprint density at radius 2 is 1.70 bits per heavy atom. The van der Waals surface area contributed by atoms with Gasteiger partial charge in [-0.15, -0.1) is 0 Å². The number of benzene rings is 1. The van der Waals surface area contributed by atoms with Crippen molar-refractivity contribution in [3.05, 3.63) is 29.8 Å². The normalized spacial score (nSPS) is 14.3. The Bertz CT molecular complexity index is 472. The van der Waals surface area contributed by atoms with E-state index in [1.807, 2.05) is 32.9 Å². The largest absolute Gasteiger partial charge is 0.337 e. The quantitative estimate of drug-likeness (QED) is 0.547. The van der Waals surface area contributed by atoms with Crippen molar-refractivity contribution < 1.29 is 13.6 Å². The van der Waals surface area contributed by atoms with Gasteiger partial charge in [-0.3, -0.25) is 4.57 Å². The Labute approximate surface area is 124 Å². The van der Waals surface area contributed by atoms with E-state index in [4.69, 9.17) is 9.05 Å². The second-order valence-electron chi connectivity index (χ2n) is 5.93. The summed E-state index contributed by atoms with van der Waals surface area (Å²) in [7, 11) is -4.47. The van der Waals surface area contributed by atoms with E-state index in [1.54, 1.807) is 0 Å². The van der Waals surface area contributed by atoms with Gasteiger partial charge in [-0.05, 0) is 26.3 Å². The van der Waals surface area contributed by atoms with E-state index in [0.29, 0.717) is 13.2 Å². The van der Waals surface area contributed by atoms with Gasteiger partial charge in [0.1, 0.15) is 0 Å². The zero-order chi connectivity index (χ0) is 15.4. The molecule has 0 spiro atoms. The summed E-state index contributed by atoms with van der Waals surface area (Å²) in [6, 6.07) is 8.39. The van der Waals surface area contributed by atoms with Gasteiger partial charge in [0, 0.05) is 0 Å². The van der Waals surface area contributed by atoms with Crippen molar-refractivity contribution in [2.75, 3.05) is 13.2 Å². The van der Waals surface area contributed by atoms with Gasteiger partial charge in [0.15, 0.2) is 0 Å². The van der Waals surface area contributed by atoms with E-state index in [1.165, 1.54) is 5.19 Å². The Kier molecular flexibility index (Phi) is 6.20. The summed E-state index contributed by atoms with van der Waals surface area (Å²) in [5, 5.41) is 1.36. The standard InChI is InChI=1S/C15H27O3PSi/c1-7-17-19(16,18-8-2)13(3)14-10-9-11-15(12-14)20(4,5)6/h9-13H,7-8H2,1-6H3. The average molecular weight is 314 g/mol. The van der Waals surface area contributed by atoms with Crippen LogP contribution in [0.3, 0.4) is 0 Å². The van der Waals surface area contributed by atoms with Crippen LogP contribution in [-0.2, 0) is 13.6 Å². The number of rotatable bonds is 7. The molecule has 0 aliphatic carbocycles. The highest BCUT2D eigenvalue weighted by atomic mass is 31.2. The van der Waals surface area contributed by atoms with Crippen LogP contribution in [0.25, 0.3) is 0 Å². The summed E-state index contributed by atoms with van der Waals surface area (Å²) in [6.45, 7) is 13.3. The van der Waals surface area contributed by atoms with Crippen molar-refractivity contribution in [3.8, 4) is 0 Å². The Morgan fingerprint density at radius 1 is 1.15 bits per heavy atom. The average Bonchev–Trinajstić information content (AvgIpc) is 2.37. The van der Waals surface area contributed by atoms with E-state index in [0.717, 1.165) is 5.56 Å². The van der Waals surface area contributed by atoms with Crippen molar-refractivity contribution in [2.45, 2.75) is 46.1 Å². The molecule has 0 radical (unpaired) electrons. The molecule has 114 valence electrons. The molecule has 0 amide bonds. The molecule has 0 aromatic heterocycles. The summed E-state index contributed by atoms with van der Waals surface area (Å²) in [6.07, 6.45) is 0. The lowest BCUT2D eigenvalue weighted by atomic mass is 10.2. The fourth-order valence-electron chi connectivity index (χ4n) is 2.07. The number of hydrogen-bond acceptors (Lipinski definition) is 3. The highest BCUT2D eigenvalue weighted by Crippen LogP contribution is 2.60. The maximum atomic E-state index is 12.8. The smallest absolute Gasteiger partial charge is 0.308 e. The molecule has 1 atom stereocenters. The van der Waals surface area contributed by atoms with E-state index in [-0.39, 0.29) is 5.66 Å². The summed E-state index contributed by atoms with van der Waals surface area (Å²) >= 11 is 0. The molecule has 0 saturated heterocycles. The van der Waals surface area contributed by atoms with Gasteiger partial charge in [0.05, 0.1) is 26.9 Å². The molecule has 0 fully saturated rings.